The van der Waals surface area contributed by atoms with E-state index in [-0.39, 0.29) is 0 Å². The van der Waals surface area contributed by atoms with E-state index in [1.165, 1.54) is 0 Å². The Morgan fingerprint density at radius 1 is 1.27 bits per heavy atom. The van der Waals surface area contributed by atoms with Crippen LogP contribution in [0.15, 0.2) is 40.9 Å². The molecular weight excluding hydrogens is 284 g/mol. The number of nitrogens with zero attached hydrogens (tertiary/aromatic N) is 3. The molecule has 1 amide bonds. The number of oxazole rings is 1. The molecule has 4 rings (SSSR count). The summed E-state index contributed by atoms with van der Waals surface area (Å²) in [7, 11) is 0. The molecule has 3 heterocycles. The Kier molecular flexibility index (Phi) is 2.80. The molecule has 7 nitrogen and oxygen atoms in total. The van der Waals surface area contributed by atoms with E-state index in [1.54, 1.807) is 29.9 Å². The number of fused-ring (bicyclic) bond motifs is 2. The topological polar surface area (TPSA) is 91.5 Å². The van der Waals surface area contributed by atoms with Gasteiger partial charge in [-0.15, -0.1) is 0 Å². The van der Waals surface area contributed by atoms with Gasteiger partial charge in [0.2, 0.25) is 5.65 Å². The van der Waals surface area contributed by atoms with Crippen molar-refractivity contribution in [2.24, 2.45) is 0 Å². The first kappa shape index (κ1) is 12.8. The van der Waals surface area contributed by atoms with Crippen LogP contribution in [0.4, 0.5) is 6.01 Å². The highest BCUT2D eigenvalue weighted by molar-refractivity contribution is 5.95. The van der Waals surface area contributed by atoms with Crippen LogP contribution in [0.2, 0.25) is 0 Å². The highest BCUT2D eigenvalue weighted by Crippen LogP contribution is 2.31. The molecule has 0 spiro atoms. The van der Waals surface area contributed by atoms with Gasteiger partial charge in [0, 0.05) is 24.8 Å². The number of carbonyl (C=O) groups excluding carboxylic acids is 1. The largest absolute Gasteiger partial charge is 0.422 e. The molecule has 1 aromatic carbocycles. The Morgan fingerprint density at radius 3 is 3.00 bits per heavy atom. The predicted octanol–water partition coefficient (Wildman–Crippen LogP) is 1.86. The molecule has 0 atom stereocenters. The van der Waals surface area contributed by atoms with E-state index < -0.39 is 5.91 Å². The summed E-state index contributed by atoms with van der Waals surface area (Å²) in [4.78, 5) is 22.2. The molecule has 2 N–H and O–H groups in total. The summed E-state index contributed by atoms with van der Waals surface area (Å²) in [6.07, 6.45) is 1.66. The number of nitrogens with one attached hydrogen (secondary N) is 1. The first-order valence-electron chi connectivity index (χ1n) is 6.78. The van der Waals surface area contributed by atoms with Crippen LogP contribution in [0.25, 0.3) is 11.2 Å². The summed E-state index contributed by atoms with van der Waals surface area (Å²) < 4.78 is 5.71. The molecule has 2 aromatic heterocycles. The fourth-order valence-corrected chi connectivity index (χ4v) is 2.72. The molecule has 0 radical (unpaired) electrons. The van der Waals surface area contributed by atoms with E-state index in [0.717, 1.165) is 11.1 Å². The fourth-order valence-electron chi connectivity index (χ4n) is 2.72. The molecule has 0 saturated heterocycles. The van der Waals surface area contributed by atoms with Crippen molar-refractivity contribution in [2.45, 2.75) is 13.1 Å². The second kappa shape index (κ2) is 4.81. The second-order valence-corrected chi connectivity index (χ2v) is 5.06. The van der Waals surface area contributed by atoms with Gasteiger partial charge in [0.15, 0.2) is 5.58 Å². The van der Waals surface area contributed by atoms with Crippen molar-refractivity contribution in [3.63, 3.8) is 0 Å². The van der Waals surface area contributed by atoms with Crippen LogP contribution in [-0.2, 0) is 13.1 Å². The first-order chi connectivity index (χ1) is 10.8. The van der Waals surface area contributed by atoms with Crippen LogP contribution in [0.3, 0.4) is 0 Å². The highest BCUT2D eigenvalue weighted by atomic mass is 16.5. The molecule has 22 heavy (non-hydrogen) atoms. The fraction of sp³-hybridized carbons (Fsp3) is 0.133. The molecule has 0 fully saturated rings. The SMILES string of the molecule is O=C(NO)c1cccc2c1CN(c1nc3ncccc3o1)C2. The number of pyridine rings is 1. The monoisotopic (exact) mass is 296 g/mol. The van der Waals surface area contributed by atoms with Crippen LogP contribution in [-0.4, -0.2) is 21.1 Å². The van der Waals surface area contributed by atoms with E-state index in [9.17, 15) is 4.79 Å². The standard InChI is InChI=1S/C15H12N4O3/c20-14(18-21)10-4-1-3-9-7-19(8-11(9)10)15-17-13-12(22-15)5-2-6-16-13/h1-6,21H,7-8H2,(H,18,20). The van der Waals surface area contributed by atoms with Crippen LogP contribution < -0.4 is 10.4 Å². The van der Waals surface area contributed by atoms with Gasteiger partial charge in [-0.05, 0) is 29.3 Å². The average Bonchev–Trinajstić information content (AvgIpc) is 3.16. The lowest BCUT2D eigenvalue weighted by Crippen LogP contribution is -2.21. The summed E-state index contributed by atoms with van der Waals surface area (Å²) in [5.41, 5.74) is 5.20. The zero-order valence-corrected chi connectivity index (χ0v) is 11.5. The Hall–Kier alpha value is -2.93. The van der Waals surface area contributed by atoms with Crippen molar-refractivity contribution in [1.82, 2.24) is 15.4 Å². The van der Waals surface area contributed by atoms with Gasteiger partial charge >= 0.3 is 6.01 Å². The van der Waals surface area contributed by atoms with Crippen LogP contribution in [0.1, 0.15) is 21.5 Å². The molecule has 0 saturated carbocycles. The third-order valence-corrected chi connectivity index (χ3v) is 3.75. The van der Waals surface area contributed by atoms with Gasteiger partial charge in [0.1, 0.15) is 0 Å². The smallest absolute Gasteiger partial charge is 0.300 e. The maximum Gasteiger partial charge on any atom is 0.300 e. The number of anilines is 1. The quantitative estimate of drug-likeness (QED) is 0.554. The van der Waals surface area contributed by atoms with Gasteiger partial charge in [0.25, 0.3) is 5.91 Å². The van der Waals surface area contributed by atoms with Crippen molar-refractivity contribution in [2.75, 3.05) is 4.90 Å². The van der Waals surface area contributed by atoms with Gasteiger partial charge in [0.05, 0.1) is 0 Å². The number of hydrogen-bond acceptors (Lipinski definition) is 6. The maximum absolute atomic E-state index is 11.7. The van der Waals surface area contributed by atoms with Gasteiger partial charge < -0.3 is 9.32 Å². The summed E-state index contributed by atoms with van der Waals surface area (Å²) in [5.74, 6) is -0.516. The van der Waals surface area contributed by atoms with E-state index >= 15 is 0 Å². The lowest BCUT2D eigenvalue weighted by Gasteiger charge is -2.11. The minimum absolute atomic E-state index is 0.455. The van der Waals surface area contributed by atoms with Crippen LogP contribution in [0, 0.1) is 0 Å². The number of hydrogen-bond donors (Lipinski definition) is 2. The van der Waals surface area contributed by atoms with Gasteiger partial charge in [-0.1, -0.05) is 12.1 Å². The summed E-state index contributed by atoms with van der Waals surface area (Å²) >= 11 is 0. The molecule has 1 aliphatic heterocycles. The number of carbonyl (C=O) groups is 1. The van der Waals surface area contributed by atoms with Crippen molar-refractivity contribution in [1.29, 1.82) is 0 Å². The zero-order chi connectivity index (χ0) is 15.1. The number of amides is 1. The Bertz CT molecular complexity index is 841. The van der Waals surface area contributed by atoms with E-state index in [2.05, 4.69) is 9.97 Å². The van der Waals surface area contributed by atoms with Crippen LogP contribution >= 0.6 is 0 Å². The Labute approximate surface area is 125 Å². The predicted molar refractivity (Wildman–Crippen MR) is 77.4 cm³/mol. The van der Waals surface area contributed by atoms with Crippen molar-refractivity contribution in [3.05, 3.63) is 53.2 Å². The number of hydroxylamine groups is 1. The minimum Gasteiger partial charge on any atom is -0.422 e. The molecule has 110 valence electrons. The third-order valence-electron chi connectivity index (χ3n) is 3.75. The lowest BCUT2D eigenvalue weighted by molar-refractivity contribution is 0.0705. The Balaban J connectivity index is 1.71. The summed E-state index contributed by atoms with van der Waals surface area (Å²) in [5, 5.41) is 8.85. The lowest BCUT2D eigenvalue weighted by atomic mass is 10.0. The first-order valence-corrected chi connectivity index (χ1v) is 6.78. The second-order valence-electron chi connectivity index (χ2n) is 5.06. The molecule has 0 unspecified atom stereocenters. The number of benzene rings is 1. The average molecular weight is 296 g/mol. The van der Waals surface area contributed by atoms with E-state index in [1.807, 2.05) is 17.0 Å². The number of rotatable bonds is 2. The normalized spacial score (nSPS) is 13.4. The minimum atomic E-state index is -0.516. The van der Waals surface area contributed by atoms with Gasteiger partial charge in [-0.3, -0.25) is 10.0 Å². The molecular formula is C15H12N4O3. The molecule has 7 heteroatoms. The molecule has 0 aliphatic carbocycles. The Morgan fingerprint density at radius 2 is 2.18 bits per heavy atom. The molecule has 3 aromatic rings. The third kappa shape index (κ3) is 1.91. The van der Waals surface area contributed by atoms with Crippen LogP contribution in [0.5, 0.6) is 0 Å². The van der Waals surface area contributed by atoms with Gasteiger partial charge in [-0.25, -0.2) is 10.5 Å². The highest BCUT2D eigenvalue weighted by Gasteiger charge is 2.27. The van der Waals surface area contributed by atoms with Crippen molar-refractivity contribution >= 4 is 23.2 Å². The zero-order valence-electron chi connectivity index (χ0n) is 11.5. The maximum atomic E-state index is 11.7. The van der Waals surface area contributed by atoms with Crippen molar-refractivity contribution < 1.29 is 14.4 Å². The molecule has 0 bridgehead atoms. The summed E-state index contributed by atoms with van der Waals surface area (Å²) in [6.45, 7) is 1.08. The summed E-state index contributed by atoms with van der Waals surface area (Å²) in [6, 6.07) is 9.50. The number of aromatic nitrogens is 2. The van der Waals surface area contributed by atoms with E-state index in [4.69, 9.17) is 9.62 Å². The molecule has 1 aliphatic rings. The van der Waals surface area contributed by atoms with Crippen molar-refractivity contribution in [3.8, 4) is 0 Å². The van der Waals surface area contributed by atoms with E-state index in [0.29, 0.717) is 35.9 Å². The van der Waals surface area contributed by atoms with Gasteiger partial charge in [-0.2, -0.15) is 4.98 Å².